The summed E-state index contributed by atoms with van der Waals surface area (Å²) >= 11 is 11.5. The molecular weight excluding hydrogens is 330 g/mol. The summed E-state index contributed by atoms with van der Waals surface area (Å²) in [6.07, 6.45) is -4.74. The van der Waals surface area contributed by atoms with Gasteiger partial charge in [-0.05, 0) is 29.8 Å². The van der Waals surface area contributed by atoms with Gasteiger partial charge in [0.25, 0.3) is 5.69 Å². The van der Waals surface area contributed by atoms with E-state index >= 15 is 0 Å². The lowest BCUT2D eigenvalue weighted by Crippen LogP contribution is -2.08. The predicted octanol–water partition coefficient (Wildman–Crippen LogP) is 5.59. The maximum Gasteiger partial charge on any atom is 0.417 e. The van der Waals surface area contributed by atoms with Crippen LogP contribution in [-0.2, 0) is 6.18 Å². The highest BCUT2D eigenvalue weighted by Gasteiger charge is 2.37. The van der Waals surface area contributed by atoms with E-state index in [0.29, 0.717) is 0 Å². The SMILES string of the molecule is O=[N+]([O-])c1cccc(C(F)(F)F)c1-c1cc(Cl)cc(Cl)c1. The minimum Gasteiger partial charge on any atom is -0.258 e. The molecule has 0 bridgehead atoms. The van der Waals surface area contributed by atoms with Crippen molar-refractivity contribution in [2.24, 2.45) is 0 Å². The lowest BCUT2D eigenvalue weighted by atomic mass is 9.97. The number of nitrogens with zero attached hydrogens (tertiary/aromatic N) is 1. The third-order valence-corrected chi connectivity index (χ3v) is 3.13. The van der Waals surface area contributed by atoms with Crippen LogP contribution in [0.1, 0.15) is 5.56 Å². The summed E-state index contributed by atoms with van der Waals surface area (Å²) in [5, 5.41) is 11.2. The minimum atomic E-state index is -4.74. The van der Waals surface area contributed by atoms with E-state index in [-0.39, 0.29) is 15.6 Å². The van der Waals surface area contributed by atoms with Crippen molar-refractivity contribution >= 4 is 28.9 Å². The number of nitro groups is 1. The van der Waals surface area contributed by atoms with Crippen LogP contribution in [0.5, 0.6) is 0 Å². The number of nitro benzene ring substituents is 1. The van der Waals surface area contributed by atoms with Crippen LogP contribution in [0.15, 0.2) is 36.4 Å². The fourth-order valence-electron chi connectivity index (χ4n) is 1.93. The van der Waals surface area contributed by atoms with Crippen LogP contribution < -0.4 is 0 Å². The molecule has 0 aliphatic carbocycles. The molecule has 2 aromatic rings. The van der Waals surface area contributed by atoms with Crippen molar-refractivity contribution in [1.29, 1.82) is 0 Å². The van der Waals surface area contributed by atoms with Crippen molar-refractivity contribution in [2.75, 3.05) is 0 Å². The van der Waals surface area contributed by atoms with E-state index in [1.807, 2.05) is 0 Å². The fraction of sp³-hybridized carbons (Fsp3) is 0.0769. The van der Waals surface area contributed by atoms with Gasteiger partial charge in [0.1, 0.15) is 0 Å². The van der Waals surface area contributed by atoms with Gasteiger partial charge in [-0.1, -0.05) is 29.3 Å². The lowest BCUT2D eigenvalue weighted by Gasteiger charge is -2.13. The van der Waals surface area contributed by atoms with Gasteiger partial charge in [0.15, 0.2) is 0 Å². The highest BCUT2D eigenvalue weighted by molar-refractivity contribution is 6.35. The maximum atomic E-state index is 13.1. The summed E-state index contributed by atoms with van der Waals surface area (Å²) in [5.74, 6) is 0. The number of benzene rings is 2. The first-order valence-corrected chi connectivity index (χ1v) is 6.27. The first-order chi connectivity index (χ1) is 9.70. The number of hydrogen-bond acceptors (Lipinski definition) is 2. The third kappa shape index (κ3) is 3.28. The summed E-state index contributed by atoms with van der Waals surface area (Å²) in [4.78, 5) is 10.1. The van der Waals surface area contributed by atoms with Gasteiger partial charge in [0.2, 0.25) is 0 Å². The monoisotopic (exact) mass is 335 g/mol. The van der Waals surface area contributed by atoms with Crippen LogP contribution >= 0.6 is 23.2 Å². The second-order valence-electron chi connectivity index (χ2n) is 4.11. The minimum absolute atomic E-state index is 0.0628. The highest BCUT2D eigenvalue weighted by atomic mass is 35.5. The predicted molar refractivity (Wildman–Crippen MR) is 73.6 cm³/mol. The van der Waals surface area contributed by atoms with E-state index in [4.69, 9.17) is 23.2 Å². The first-order valence-electron chi connectivity index (χ1n) is 5.51. The molecule has 0 fully saturated rings. The molecule has 0 spiro atoms. The zero-order chi connectivity index (χ0) is 15.8. The second kappa shape index (κ2) is 5.54. The third-order valence-electron chi connectivity index (χ3n) is 2.70. The Bertz CT molecular complexity index is 697. The Morgan fingerprint density at radius 2 is 1.62 bits per heavy atom. The summed E-state index contributed by atoms with van der Waals surface area (Å²) in [6, 6.07) is 6.48. The fourth-order valence-corrected chi connectivity index (χ4v) is 2.46. The molecule has 2 aromatic carbocycles. The standard InChI is InChI=1S/C13H6Cl2F3NO2/c14-8-4-7(5-9(15)6-8)12-10(13(16,17)18)2-1-3-11(12)19(20)21/h1-6H. The second-order valence-corrected chi connectivity index (χ2v) is 4.99. The largest absolute Gasteiger partial charge is 0.417 e. The van der Waals surface area contributed by atoms with Gasteiger partial charge in [-0.25, -0.2) is 0 Å². The molecule has 110 valence electrons. The van der Waals surface area contributed by atoms with Crippen LogP contribution in [0, 0.1) is 10.1 Å². The molecule has 0 N–H and O–H groups in total. The number of alkyl halides is 3. The Morgan fingerprint density at radius 1 is 1.05 bits per heavy atom. The molecule has 0 aromatic heterocycles. The van der Waals surface area contributed by atoms with Crippen LogP contribution in [0.2, 0.25) is 10.0 Å². The van der Waals surface area contributed by atoms with Gasteiger partial charge in [-0.2, -0.15) is 13.2 Å². The van der Waals surface area contributed by atoms with Crippen molar-refractivity contribution in [2.45, 2.75) is 6.18 Å². The molecule has 0 aliphatic heterocycles. The van der Waals surface area contributed by atoms with Gasteiger partial charge >= 0.3 is 6.18 Å². The van der Waals surface area contributed by atoms with Crippen molar-refractivity contribution in [3.63, 3.8) is 0 Å². The highest BCUT2D eigenvalue weighted by Crippen LogP contribution is 2.43. The molecule has 8 heteroatoms. The molecule has 0 saturated carbocycles. The van der Waals surface area contributed by atoms with Crippen molar-refractivity contribution in [3.8, 4) is 11.1 Å². The molecule has 0 radical (unpaired) electrons. The van der Waals surface area contributed by atoms with Crippen molar-refractivity contribution in [1.82, 2.24) is 0 Å². The zero-order valence-electron chi connectivity index (χ0n) is 10.1. The van der Waals surface area contributed by atoms with Gasteiger partial charge in [0.05, 0.1) is 16.1 Å². The number of halogens is 5. The van der Waals surface area contributed by atoms with Gasteiger partial charge < -0.3 is 0 Å². The van der Waals surface area contributed by atoms with Crippen LogP contribution in [-0.4, -0.2) is 4.92 Å². The molecule has 0 aliphatic rings. The average molecular weight is 336 g/mol. The Labute approximate surface area is 127 Å². The topological polar surface area (TPSA) is 43.1 Å². The number of hydrogen-bond donors (Lipinski definition) is 0. The Balaban J connectivity index is 2.84. The van der Waals surface area contributed by atoms with Gasteiger partial charge in [-0.15, -0.1) is 0 Å². The zero-order valence-corrected chi connectivity index (χ0v) is 11.6. The van der Waals surface area contributed by atoms with E-state index in [2.05, 4.69) is 0 Å². The maximum absolute atomic E-state index is 13.1. The normalized spacial score (nSPS) is 11.5. The molecule has 3 nitrogen and oxygen atoms in total. The average Bonchev–Trinajstić information content (AvgIpc) is 2.35. The number of rotatable bonds is 2. The summed E-state index contributed by atoms with van der Waals surface area (Å²) < 4.78 is 39.3. The Morgan fingerprint density at radius 3 is 2.10 bits per heavy atom. The molecule has 0 amide bonds. The Kier molecular flexibility index (Phi) is 4.11. The summed E-state index contributed by atoms with van der Waals surface area (Å²) in [7, 11) is 0. The van der Waals surface area contributed by atoms with Crippen molar-refractivity contribution < 1.29 is 18.1 Å². The van der Waals surface area contributed by atoms with Crippen molar-refractivity contribution in [3.05, 3.63) is 62.1 Å². The van der Waals surface area contributed by atoms with Gasteiger partial charge in [-0.3, -0.25) is 10.1 Å². The van der Waals surface area contributed by atoms with E-state index in [1.165, 1.54) is 18.2 Å². The van der Waals surface area contributed by atoms with Crippen LogP contribution in [0.25, 0.3) is 11.1 Å². The summed E-state index contributed by atoms with van der Waals surface area (Å²) in [5.41, 5.74) is -2.40. The smallest absolute Gasteiger partial charge is 0.258 e. The van der Waals surface area contributed by atoms with Crippen LogP contribution in [0.4, 0.5) is 18.9 Å². The molecule has 0 atom stereocenters. The molecule has 0 unspecified atom stereocenters. The van der Waals surface area contributed by atoms with Crippen LogP contribution in [0.3, 0.4) is 0 Å². The van der Waals surface area contributed by atoms with E-state index in [9.17, 15) is 23.3 Å². The first kappa shape index (κ1) is 15.6. The lowest BCUT2D eigenvalue weighted by molar-refractivity contribution is -0.384. The molecule has 21 heavy (non-hydrogen) atoms. The molecule has 2 rings (SSSR count). The van der Waals surface area contributed by atoms with E-state index in [1.54, 1.807) is 0 Å². The molecule has 0 heterocycles. The van der Waals surface area contributed by atoms with E-state index in [0.717, 1.165) is 18.2 Å². The Hall–Kier alpha value is -1.79. The summed E-state index contributed by atoms with van der Waals surface area (Å²) in [6.45, 7) is 0. The quantitative estimate of drug-likeness (QED) is 0.530. The van der Waals surface area contributed by atoms with E-state index < -0.39 is 27.9 Å². The molecular formula is C13H6Cl2F3NO2. The molecule has 0 saturated heterocycles. The van der Waals surface area contributed by atoms with Gasteiger partial charge in [0, 0.05) is 16.1 Å².